The van der Waals surface area contributed by atoms with Crippen LogP contribution in [0.15, 0.2) is 23.2 Å². The molecule has 1 fully saturated rings. The summed E-state index contributed by atoms with van der Waals surface area (Å²) in [5.41, 5.74) is 2.33. The average Bonchev–Trinajstić information content (AvgIpc) is 3.60. The number of sulfonamides is 1. The maximum Gasteiger partial charge on any atom is 0.315 e. The predicted molar refractivity (Wildman–Crippen MR) is 147 cm³/mol. The molecule has 0 aliphatic heterocycles. The second-order valence-electron chi connectivity index (χ2n) is 11.4. The molecule has 0 saturated heterocycles. The first-order valence-corrected chi connectivity index (χ1v) is 14.9. The van der Waals surface area contributed by atoms with Gasteiger partial charge in [0.25, 0.3) is 0 Å². The third-order valence-electron chi connectivity index (χ3n) is 6.69. The molecule has 1 saturated carbocycles. The van der Waals surface area contributed by atoms with Crippen molar-refractivity contribution in [2.75, 3.05) is 6.54 Å². The van der Waals surface area contributed by atoms with E-state index in [2.05, 4.69) is 31.0 Å². The highest BCUT2D eigenvalue weighted by Crippen LogP contribution is 2.46. The molecular formula is C27H40N6O4S. The van der Waals surface area contributed by atoms with E-state index >= 15 is 0 Å². The zero-order valence-corrected chi connectivity index (χ0v) is 23.8. The Kier molecular flexibility index (Phi) is 8.17. The lowest BCUT2D eigenvalue weighted by Crippen LogP contribution is -2.42. The average molecular weight is 545 g/mol. The van der Waals surface area contributed by atoms with Crippen molar-refractivity contribution in [2.45, 2.75) is 95.8 Å². The summed E-state index contributed by atoms with van der Waals surface area (Å²) < 4.78 is 29.9. The van der Waals surface area contributed by atoms with E-state index in [1.54, 1.807) is 12.3 Å². The molecule has 1 heterocycles. The van der Waals surface area contributed by atoms with Gasteiger partial charge in [-0.05, 0) is 76.1 Å². The lowest BCUT2D eigenvalue weighted by Gasteiger charge is -2.20. The van der Waals surface area contributed by atoms with Gasteiger partial charge in [-0.1, -0.05) is 13.8 Å². The van der Waals surface area contributed by atoms with Gasteiger partial charge in [0.1, 0.15) is 0 Å². The minimum atomic E-state index is -3.86. The van der Waals surface area contributed by atoms with Crippen LogP contribution >= 0.6 is 0 Å². The van der Waals surface area contributed by atoms with Crippen LogP contribution in [0.25, 0.3) is 10.8 Å². The number of benzene rings is 1. The van der Waals surface area contributed by atoms with Crippen LogP contribution in [0.5, 0.6) is 0 Å². The summed E-state index contributed by atoms with van der Waals surface area (Å²) in [7, 11) is -3.86. The predicted octanol–water partition coefficient (Wildman–Crippen LogP) is 3.95. The van der Waals surface area contributed by atoms with Crippen molar-refractivity contribution in [2.24, 2.45) is 5.92 Å². The van der Waals surface area contributed by atoms with Gasteiger partial charge in [0.05, 0.1) is 17.0 Å². The molecule has 0 radical (unpaired) electrons. The van der Waals surface area contributed by atoms with Crippen LogP contribution in [0.1, 0.15) is 95.6 Å². The maximum atomic E-state index is 13.6. The van der Waals surface area contributed by atoms with E-state index in [1.165, 1.54) is 0 Å². The van der Waals surface area contributed by atoms with E-state index in [-0.39, 0.29) is 35.0 Å². The van der Waals surface area contributed by atoms with Crippen LogP contribution in [0.2, 0.25) is 0 Å². The molecule has 208 valence electrons. The van der Waals surface area contributed by atoms with Crippen molar-refractivity contribution < 1.29 is 18.0 Å². The van der Waals surface area contributed by atoms with Gasteiger partial charge < -0.3 is 21.3 Å². The number of carbonyl (C=O) groups excluding carboxylic acids is 2. The van der Waals surface area contributed by atoms with Crippen LogP contribution in [0.4, 0.5) is 9.59 Å². The smallest absolute Gasteiger partial charge is 0.315 e. The normalized spacial score (nSPS) is 19.2. The number of fused-ring (bicyclic) bond motifs is 3. The molecular weight excluding hydrogens is 504 g/mol. The minimum absolute atomic E-state index is 0.0549. The Morgan fingerprint density at radius 3 is 2.08 bits per heavy atom. The number of hydrogen-bond donors (Lipinski definition) is 5. The summed E-state index contributed by atoms with van der Waals surface area (Å²) in [5.74, 6) is 0.475. The molecule has 0 unspecified atom stereocenters. The highest BCUT2D eigenvalue weighted by molar-refractivity contribution is 7.89. The van der Waals surface area contributed by atoms with Crippen LogP contribution in [-0.4, -0.2) is 44.1 Å². The Bertz CT molecular complexity index is 1320. The Hall–Kier alpha value is -2.92. The standard InChI is InChI=1S/C27H40N6O4S/c1-14(2)12-29-38(36,37)24-10-19-22(32-26(34)30-15(3)4)11-23(33-27(35)31-16(5)6)25(19)20-13-28-21(9-18(20)24)17-7-8-17/h9-10,13-17,22-23,29H,7-8,11-12H2,1-6H3,(H2,30,32,34)(H2,31,33,35)/t22-,23-/m1/s1. The van der Waals surface area contributed by atoms with Crippen molar-refractivity contribution in [3.8, 4) is 0 Å². The fraction of sp³-hybridized carbons (Fsp3) is 0.593. The molecule has 2 aliphatic carbocycles. The van der Waals surface area contributed by atoms with E-state index < -0.39 is 22.1 Å². The molecule has 1 aromatic carbocycles. The van der Waals surface area contributed by atoms with E-state index in [9.17, 15) is 18.0 Å². The number of aromatic nitrogens is 1. The fourth-order valence-electron chi connectivity index (χ4n) is 4.87. The molecule has 11 heteroatoms. The Morgan fingerprint density at radius 1 is 0.921 bits per heavy atom. The molecule has 0 spiro atoms. The highest BCUT2D eigenvalue weighted by Gasteiger charge is 2.37. The highest BCUT2D eigenvalue weighted by atomic mass is 32.2. The molecule has 4 amide bonds. The van der Waals surface area contributed by atoms with Gasteiger partial charge in [-0.15, -0.1) is 0 Å². The van der Waals surface area contributed by atoms with Crippen molar-refractivity contribution in [3.63, 3.8) is 0 Å². The Balaban J connectivity index is 1.86. The molecule has 10 nitrogen and oxygen atoms in total. The van der Waals surface area contributed by atoms with Crippen molar-refractivity contribution >= 4 is 32.9 Å². The molecule has 0 bridgehead atoms. The fourth-order valence-corrected chi connectivity index (χ4v) is 6.32. The first-order chi connectivity index (χ1) is 17.9. The second kappa shape index (κ2) is 11.1. The topological polar surface area (TPSA) is 141 Å². The zero-order valence-electron chi connectivity index (χ0n) is 23.0. The zero-order chi connectivity index (χ0) is 27.8. The lowest BCUT2D eigenvalue weighted by atomic mass is 9.98. The summed E-state index contributed by atoms with van der Waals surface area (Å²) in [6.07, 6.45) is 4.19. The number of pyridine rings is 1. The molecule has 5 N–H and O–H groups in total. The van der Waals surface area contributed by atoms with Gasteiger partial charge in [-0.2, -0.15) is 0 Å². The molecule has 1 aromatic heterocycles. The van der Waals surface area contributed by atoms with E-state index in [4.69, 9.17) is 0 Å². The van der Waals surface area contributed by atoms with Crippen LogP contribution in [0.3, 0.4) is 0 Å². The Morgan fingerprint density at radius 2 is 1.53 bits per heavy atom. The number of rotatable bonds is 9. The van der Waals surface area contributed by atoms with Gasteiger partial charge in [-0.25, -0.2) is 22.7 Å². The van der Waals surface area contributed by atoms with Crippen molar-refractivity contribution in [3.05, 3.63) is 35.2 Å². The number of urea groups is 2. The number of nitrogens with zero attached hydrogens (tertiary/aromatic N) is 1. The van der Waals surface area contributed by atoms with Crippen LogP contribution in [0, 0.1) is 5.92 Å². The Labute approximate surface area is 225 Å². The van der Waals surface area contributed by atoms with E-state index in [0.29, 0.717) is 35.2 Å². The summed E-state index contributed by atoms with van der Waals surface area (Å²) in [4.78, 5) is 30.2. The molecule has 38 heavy (non-hydrogen) atoms. The number of hydrogen-bond acceptors (Lipinski definition) is 5. The lowest BCUT2D eigenvalue weighted by molar-refractivity contribution is 0.231. The molecule has 2 aromatic rings. The summed E-state index contributed by atoms with van der Waals surface area (Å²) in [5, 5.41) is 13.0. The van der Waals surface area contributed by atoms with Crippen molar-refractivity contribution in [1.82, 2.24) is 31.0 Å². The van der Waals surface area contributed by atoms with Crippen molar-refractivity contribution in [1.29, 1.82) is 0 Å². The third-order valence-corrected chi connectivity index (χ3v) is 8.15. The van der Waals surface area contributed by atoms with Gasteiger partial charge in [0.15, 0.2) is 0 Å². The first-order valence-electron chi connectivity index (χ1n) is 13.5. The van der Waals surface area contributed by atoms with E-state index in [0.717, 1.165) is 24.1 Å². The maximum absolute atomic E-state index is 13.6. The first kappa shape index (κ1) is 28.1. The van der Waals surface area contributed by atoms with Crippen LogP contribution < -0.4 is 26.0 Å². The van der Waals surface area contributed by atoms with Crippen LogP contribution in [-0.2, 0) is 10.0 Å². The third kappa shape index (κ3) is 6.37. The summed E-state index contributed by atoms with van der Waals surface area (Å²) >= 11 is 0. The summed E-state index contributed by atoms with van der Waals surface area (Å²) in [6.45, 7) is 11.7. The van der Waals surface area contributed by atoms with Gasteiger partial charge >= 0.3 is 12.1 Å². The quantitative estimate of drug-likeness (QED) is 0.325. The second-order valence-corrected chi connectivity index (χ2v) is 13.2. The number of carbonyl (C=O) groups is 2. The number of amides is 4. The van der Waals surface area contributed by atoms with Gasteiger partial charge in [0, 0.05) is 47.2 Å². The molecule has 4 rings (SSSR count). The molecule has 2 aliphatic rings. The number of nitrogens with one attached hydrogen (secondary N) is 5. The van der Waals surface area contributed by atoms with Gasteiger partial charge in [0.2, 0.25) is 10.0 Å². The monoisotopic (exact) mass is 544 g/mol. The largest absolute Gasteiger partial charge is 0.336 e. The SMILES string of the molecule is CC(C)CNS(=O)(=O)c1cc2c(c3cnc(C4CC4)cc13)[C@H](NC(=O)NC(C)C)C[C@H]2NC(=O)NC(C)C. The minimum Gasteiger partial charge on any atom is -0.336 e. The molecule has 2 atom stereocenters. The van der Waals surface area contributed by atoms with E-state index in [1.807, 2.05) is 47.6 Å². The van der Waals surface area contributed by atoms with Gasteiger partial charge in [-0.3, -0.25) is 4.98 Å². The summed E-state index contributed by atoms with van der Waals surface area (Å²) in [6, 6.07) is 1.81.